The van der Waals surface area contributed by atoms with Crippen LogP contribution in [0.2, 0.25) is 5.02 Å². The van der Waals surface area contributed by atoms with Gasteiger partial charge in [-0.05, 0) is 50.0 Å². The first kappa shape index (κ1) is 18.0. The molecular weight excluding hydrogens is 316 g/mol. The molecule has 1 aliphatic rings. The number of likely N-dealkylation sites (tertiary alicyclic amines) is 1. The van der Waals surface area contributed by atoms with E-state index >= 15 is 0 Å². The van der Waals surface area contributed by atoms with Gasteiger partial charge >= 0.3 is 0 Å². The molecule has 2 rings (SSSR count). The smallest absolute Gasteiger partial charge is 0.255 e. The molecule has 0 saturated carbocycles. The van der Waals surface area contributed by atoms with Crippen LogP contribution in [0.4, 0.5) is 0 Å². The summed E-state index contributed by atoms with van der Waals surface area (Å²) < 4.78 is 5.17. The van der Waals surface area contributed by atoms with E-state index in [1.54, 1.807) is 18.2 Å². The third-order valence-electron chi connectivity index (χ3n) is 4.25. The SMILES string of the molecule is COc1cc(Cl)ccc1C(=O)NCC(O)CN1CCC(C)CC1. The van der Waals surface area contributed by atoms with E-state index in [0.717, 1.165) is 19.0 Å². The fourth-order valence-corrected chi connectivity index (χ4v) is 2.93. The Morgan fingerprint density at radius 2 is 2.17 bits per heavy atom. The van der Waals surface area contributed by atoms with Gasteiger partial charge in [-0.1, -0.05) is 18.5 Å². The van der Waals surface area contributed by atoms with Crippen LogP contribution in [0.3, 0.4) is 0 Å². The molecule has 5 nitrogen and oxygen atoms in total. The highest BCUT2D eigenvalue weighted by Gasteiger charge is 2.19. The highest BCUT2D eigenvalue weighted by Crippen LogP contribution is 2.23. The van der Waals surface area contributed by atoms with Crippen molar-refractivity contribution in [2.45, 2.75) is 25.9 Å². The van der Waals surface area contributed by atoms with Crippen molar-refractivity contribution in [1.82, 2.24) is 10.2 Å². The molecule has 0 aromatic heterocycles. The number of halogens is 1. The van der Waals surface area contributed by atoms with Crippen LogP contribution >= 0.6 is 11.6 Å². The van der Waals surface area contributed by atoms with Crippen LogP contribution in [-0.2, 0) is 0 Å². The normalized spacial score (nSPS) is 17.7. The van der Waals surface area contributed by atoms with Gasteiger partial charge in [0.2, 0.25) is 0 Å². The van der Waals surface area contributed by atoms with Crippen LogP contribution in [0.15, 0.2) is 18.2 Å². The van der Waals surface area contributed by atoms with Crippen molar-refractivity contribution in [3.05, 3.63) is 28.8 Å². The number of ether oxygens (including phenoxy) is 1. The number of hydrogen-bond donors (Lipinski definition) is 2. The molecule has 0 bridgehead atoms. The number of benzene rings is 1. The summed E-state index contributed by atoms with van der Waals surface area (Å²) in [5, 5.41) is 13.4. The lowest BCUT2D eigenvalue weighted by Gasteiger charge is -2.31. The van der Waals surface area contributed by atoms with Gasteiger partial charge in [-0.25, -0.2) is 0 Å². The highest BCUT2D eigenvalue weighted by atomic mass is 35.5. The summed E-state index contributed by atoms with van der Waals surface area (Å²) in [6.45, 7) is 5.09. The number of nitrogens with zero attached hydrogens (tertiary/aromatic N) is 1. The standard InChI is InChI=1S/C17H25ClN2O3/c1-12-5-7-20(8-6-12)11-14(21)10-19-17(22)15-4-3-13(18)9-16(15)23-2/h3-4,9,12,14,21H,5-8,10-11H2,1-2H3,(H,19,22). The quantitative estimate of drug-likeness (QED) is 0.833. The molecule has 1 heterocycles. The van der Waals surface area contributed by atoms with Crippen molar-refractivity contribution in [3.63, 3.8) is 0 Å². The van der Waals surface area contributed by atoms with Crippen LogP contribution < -0.4 is 10.1 Å². The number of piperidine rings is 1. The molecule has 2 N–H and O–H groups in total. The van der Waals surface area contributed by atoms with E-state index in [4.69, 9.17) is 16.3 Å². The number of nitrogens with one attached hydrogen (secondary N) is 1. The van der Waals surface area contributed by atoms with Crippen molar-refractivity contribution in [2.75, 3.05) is 33.3 Å². The van der Waals surface area contributed by atoms with Crippen LogP contribution in [0.25, 0.3) is 0 Å². The fraction of sp³-hybridized carbons (Fsp3) is 0.588. The molecule has 1 aromatic rings. The zero-order valence-electron chi connectivity index (χ0n) is 13.7. The van der Waals surface area contributed by atoms with Crippen LogP contribution in [-0.4, -0.2) is 55.3 Å². The van der Waals surface area contributed by atoms with E-state index in [1.165, 1.54) is 20.0 Å². The minimum absolute atomic E-state index is 0.219. The Kier molecular flexibility index (Phi) is 6.69. The summed E-state index contributed by atoms with van der Waals surface area (Å²) in [6, 6.07) is 4.86. The summed E-state index contributed by atoms with van der Waals surface area (Å²) in [7, 11) is 1.49. The first-order chi connectivity index (χ1) is 11.0. The summed E-state index contributed by atoms with van der Waals surface area (Å²) in [6.07, 6.45) is 1.76. The lowest BCUT2D eigenvalue weighted by Crippen LogP contribution is -2.43. The van der Waals surface area contributed by atoms with Gasteiger partial charge in [0.15, 0.2) is 0 Å². The largest absolute Gasteiger partial charge is 0.496 e. The van der Waals surface area contributed by atoms with Gasteiger partial charge in [-0.15, -0.1) is 0 Å². The van der Waals surface area contributed by atoms with E-state index < -0.39 is 6.10 Å². The maximum atomic E-state index is 12.2. The minimum atomic E-state index is -0.578. The molecule has 128 valence electrons. The number of carbonyl (C=O) groups is 1. The highest BCUT2D eigenvalue weighted by molar-refractivity contribution is 6.30. The number of carbonyl (C=O) groups excluding carboxylic acids is 1. The van der Waals surface area contributed by atoms with Crippen LogP contribution in [0, 0.1) is 5.92 Å². The number of aliphatic hydroxyl groups excluding tert-OH is 1. The lowest BCUT2D eigenvalue weighted by atomic mass is 9.99. The van der Waals surface area contributed by atoms with E-state index in [1.807, 2.05) is 0 Å². The van der Waals surface area contributed by atoms with Crippen LogP contribution in [0.5, 0.6) is 5.75 Å². The molecule has 0 spiro atoms. The van der Waals surface area contributed by atoms with Gasteiger partial charge in [0.05, 0.1) is 18.8 Å². The first-order valence-corrected chi connectivity index (χ1v) is 8.39. The van der Waals surface area contributed by atoms with E-state index in [0.29, 0.717) is 22.9 Å². The minimum Gasteiger partial charge on any atom is -0.496 e. The van der Waals surface area contributed by atoms with E-state index in [2.05, 4.69) is 17.1 Å². The fourth-order valence-electron chi connectivity index (χ4n) is 2.77. The van der Waals surface area contributed by atoms with Crippen LogP contribution in [0.1, 0.15) is 30.1 Å². The van der Waals surface area contributed by atoms with Gasteiger partial charge in [0, 0.05) is 18.1 Å². The third-order valence-corrected chi connectivity index (χ3v) is 4.49. The molecule has 1 saturated heterocycles. The van der Waals surface area contributed by atoms with Crippen molar-refractivity contribution >= 4 is 17.5 Å². The molecule has 1 aliphatic heterocycles. The molecule has 1 unspecified atom stereocenters. The third kappa shape index (κ3) is 5.37. The average Bonchev–Trinajstić information content (AvgIpc) is 2.54. The zero-order valence-corrected chi connectivity index (χ0v) is 14.5. The number of amides is 1. The van der Waals surface area contributed by atoms with Crippen molar-refractivity contribution in [3.8, 4) is 5.75 Å². The molecule has 1 atom stereocenters. The van der Waals surface area contributed by atoms with Crippen molar-refractivity contribution in [2.24, 2.45) is 5.92 Å². The molecule has 6 heteroatoms. The average molecular weight is 341 g/mol. The Balaban J connectivity index is 1.82. The Hall–Kier alpha value is -1.30. The lowest BCUT2D eigenvalue weighted by molar-refractivity contribution is 0.0793. The molecule has 0 aliphatic carbocycles. The Labute approximate surface area is 142 Å². The Morgan fingerprint density at radius 3 is 2.83 bits per heavy atom. The van der Waals surface area contributed by atoms with Gasteiger partial charge in [-0.3, -0.25) is 4.79 Å². The maximum Gasteiger partial charge on any atom is 0.255 e. The van der Waals surface area contributed by atoms with E-state index in [-0.39, 0.29) is 12.5 Å². The number of aliphatic hydroxyl groups is 1. The number of β-amino-alcohol motifs (C(OH)–C–C–N with tert-alkyl or cyclic N) is 1. The summed E-state index contributed by atoms with van der Waals surface area (Å²) in [5.41, 5.74) is 0.413. The van der Waals surface area contributed by atoms with Gasteiger partial charge in [-0.2, -0.15) is 0 Å². The molecule has 1 fully saturated rings. The number of methoxy groups -OCH3 is 1. The second-order valence-corrected chi connectivity index (χ2v) is 6.63. The molecule has 0 radical (unpaired) electrons. The first-order valence-electron chi connectivity index (χ1n) is 8.01. The molecule has 1 amide bonds. The molecular formula is C17H25ClN2O3. The Bertz CT molecular complexity index is 531. The summed E-state index contributed by atoms with van der Waals surface area (Å²) in [4.78, 5) is 14.5. The van der Waals surface area contributed by atoms with Gasteiger partial charge < -0.3 is 20.1 Å². The molecule has 23 heavy (non-hydrogen) atoms. The van der Waals surface area contributed by atoms with Gasteiger partial charge in [0.1, 0.15) is 5.75 Å². The predicted molar refractivity (Wildman–Crippen MR) is 91.2 cm³/mol. The van der Waals surface area contributed by atoms with Crippen molar-refractivity contribution < 1.29 is 14.6 Å². The maximum absolute atomic E-state index is 12.2. The number of hydrogen-bond acceptors (Lipinski definition) is 4. The molecule has 1 aromatic carbocycles. The van der Waals surface area contributed by atoms with Gasteiger partial charge in [0.25, 0.3) is 5.91 Å². The zero-order chi connectivity index (χ0) is 16.8. The summed E-state index contributed by atoms with van der Waals surface area (Å²) in [5.74, 6) is 0.916. The number of rotatable bonds is 6. The topological polar surface area (TPSA) is 61.8 Å². The Morgan fingerprint density at radius 1 is 1.48 bits per heavy atom. The second kappa shape index (κ2) is 8.52. The van der Waals surface area contributed by atoms with E-state index in [9.17, 15) is 9.90 Å². The summed E-state index contributed by atoms with van der Waals surface area (Å²) >= 11 is 5.89. The monoisotopic (exact) mass is 340 g/mol. The predicted octanol–water partition coefficient (Wildman–Crippen LogP) is 2.17. The van der Waals surface area contributed by atoms with Crippen molar-refractivity contribution in [1.29, 1.82) is 0 Å². The second-order valence-electron chi connectivity index (χ2n) is 6.19.